The van der Waals surface area contributed by atoms with Gasteiger partial charge in [-0.25, -0.2) is 14.2 Å². The number of halogens is 1. The van der Waals surface area contributed by atoms with Crippen molar-refractivity contribution in [3.63, 3.8) is 0 Å². The predicted molar refractivity (Wildman–Crippen MR) is 154 cm³/mol. The Morgan fingerprint density at radius 1 is 1.00 bits per heavy atom. The van der Waals surface area contributed by atoms with E-state index in [4.69, 9.17) is 9.47 Å². The Morgan fingerprint density at radius 3 is 2.44 bits per heavy atom. The first-order chi connectivity index (χ1) is 19.9. The minimum Gasteiger partial charge on any atom is -0.494 e. The molecule has 2 aromatic carbocycles. The number of ether oxygens (including phenoxy) is 2. The van der Waals surface area contributed by atoms with Gasteiger partial charge in [0, 0.05) is 44.2 Å². The highest BCUT2D eigenvalue weighted by molar-refractivity contribution is 5.97. The molecule has 8 heteroatoms. The van der Waals surface area contributed by atoms with E-state index in [2.05, 4.69) is 22.0 Å². The van der Waals surface area contributed by atoms with Crippen molar-refractivity contribution in [1.82, 2.24) is 14.8 Å². The van der Waals surface area contributed by atoms with Gasteiger partial charge in [-0.2, -0.15) is 0 Å². The van der Waals surface area contributed by atoms with Crippen LogP contribution in [0.15, 0.2) is 48.5 Å². The Labute approximate surface area is 240 Å². The molecule has 1 aliphatic carbocycles. The molecule has 6 rings (SSSR count). The summed E-state index contributed by atoms with van der Waals surface area (Å²) in [5.74, 6) is 0.711. The maximum Gasteiger partial charge on any atom is 0.356 e. The van der Waals surface area contributed by atoms with E-state index in [1.807, 2.05) is 24.0 Å². The van der Waals surface area contributed by atoms with Gasteiger partial charge in [-0.15, -0.1) is 0 Å². The van der Waals surface area contributed by atoms with E-state index in [0.717, 1.165) is 49.4 Å². The average molecular weight is 558 g/mol. The molecule has 3 aromatic rings. The maximum absolute atomic E-state index is 13.6. The number of piperidine rings is 1. The van der Waals surface area contributed by atoms with Crippen molar-refractivity contribution in [2.75, 3.05) is 33.4 Å². The monoisotopic (exact) mass is 557 g/mol. The first-order valence-corrected chi connectivity index (χ1v) is 14.6. The minimum atomic E-state index is -0.489. The molecule has 214 valence electrons. The lowest BCUT2D eigenvalue weighted by atomic mass is 9.93. The standard InChI is InChI=1S/C33H36FN3O4/c1-3-41-31-19-28(22-6-8-24(34)9-7-22)27(21-4-5-21)18-23(31)20-36-15-12-25(13-16-36)37-17-14-29-26(32(37)38)10-11-30(35-29)33(39)40-2/h6-11,18-19,21,25H,3-5,12-17,20H2,1-2H3. The summed E-state index contributed by atoms with van der Waals surface area (Å²) < 4.78 is 24.5. The van der Waals surface area contributed by atoms with Gasteiger partial charge < -0.3 is 14.4 Å². The average Bonchev–Trinajstić information content (AvgIpc) is 3.84. The Morgan fingerprint density at radius 2 is 1.76 bits per heavy atom. The number of likely N-dealkylation sites (tertiary alicyclic amines) is 1. The molecule has 0 atom stereocenters. The first-order valence-electron chi connectivity index (χ1n) is 14.6. The number of pyridine rings is 1. The number of carbonyl (C=O) groups is 2. The van der Waals surface area contributed by atoms with Crippen LogP contribution in [0.4, 0.5) is 4.39 Å². The van der Waals surface area contributed by atoms with Gasteiger partial charge in [0.25, 0.3) is 5.91 Å². The highest BCUT2D eigenvalue weighted by Crippen LogP contribution is 2.46. The van der Waals surface area contributed by atoms with Gasteiger partial charge in [0.15, 0.2) is 0 Å². The van der Waals surface area contributed by atoms with E-state index >= 15 is 0 Å². The second kappa shape index (κ2) is 11.6. The zero-order valence-corrected chi connectivity index (χ0v) is 23.7. The fourth-order valence-electron chi connectivity index (χ4n) is 6.23. The van der Waals surface area contributed by atoms with E-state index in [9.17, 15) is 14.0 Å². The van der Waals surface area contributed by atoms with Crippen LogP contribution in [0.25, 0.3) is 11.1 Å². The smallest absolute Gasteiger partial charge is 0.356 e. The molecular formula is C33H36FN3O4. The summed E-state index contributed by atoms with van der Waals surface area (Å²) in [6, 6.07) is 14.7. The minimum absolute atomic E-state index is 0.00212. The summed E-state index contributed by atoms with van der Waals surface area (Å²) >= 11 is 0. The van der Waals surface area contributed by atoms with Gasteiger partial charge in [0.2, 0.25) is 0 Å². The van der Waals surface area contributed by atoms with Crippen LogP contribution in [0.1, 0.15) is 76.2 Å². The van der Waals surface area contributed by atoms with Crippen LogP contribution in [-0.2, 0) is 17.7 Å². The number of nitrogens with zero attached hydrogens (tertiary/aromatic N) is 3. The highest BCUT2D eigenvalue weighted by Gasteiger charge is 2.34. The van der Waals surface area contributed by atoms with Crippen LogP contribution >= 0.6 is 0 Å². The van der Waals surface area contributed by atoms with Gasteiger partial charge in [-0.3, -0.25) is 9.69 Å². The van der Waals surface area contributed by atoms with E-state index in [-0.39, 0.29) is 23.5 Å². The molecule has 0 radical (unpaired) electrons. The number of amides is 1. The summed E-state index contributed by atoms with van der Waals surface area (Å²) in [5.41, 5.74) is 6.16. The van der Waals surface area contributed by atoms with Crippen LogP contribution in [0.2, 0.25) is 0 Å². The van der Waals surface area contributed by atoms with Crippen LogP contribution in [0, 0.1) is 5.82 Å². The van der Waals surface area contributed by atoms with E-state index < -0.39 is 5.97 Å². The quantitative estimate of drug-likeness (QED) is 0.335. The van der Waals surface area contributed by atoms with Crippen molar-refractivity contribution in [3.8, 4) is 16.9 Å². The zero-order chi connectivity index (χ0) is 28.5. The van der Waals surface area contributed by atoms with Gasteiger partial charge in [-0.05, 0) is 91.6 Å². The molecule has 3 aliphatic rings. The van der Waals surface area contributed by atoms with E-state index in [0.29, 0.717) is 36.7 Å². The van der Waals surface area contributed by atoms with Gasteiger partial charge in [-0.1, -0.05) is 12.1 Å². The van der Waals surface area contributed by atoms with Gasteiger partial charge in [0.05, 0.1) is 25.0 Å². The number of rotatable bonds is 8. The number of hydrogen-bond acceptors (Lipinski definition) is 6. The lowest BCUT2D eigenvalue weighted by Crippen LogP contribution is -2.50. The molecule has 2 fully saturated rings. The van der Waals surface area contributed by atoms with Gasteiger partial charge >= 0.3 is 5.97 Å². The number of benzene rings is 2. The highest BCUT2D eigenvalue weighted by atomic mass is 19.1. The van der Waals surface area contributed by atoms with Crippen LogP contribution < -0.4 is 4.74 Å². The SMILES string of the molecule is CCOc1cc(-c2ccc(F)cc2)c(C2CC2)cc1CN1CCC(N2CCc3nc(C(=O)OC)ccc3C2=O)CC1. The molecule has 1 saturated carbocycles. The topological polar surface area (TPSA) is 72.0 Å². The Hall–Kier alpha value is -3.78. The van der Waals surface area contributed by atoms with E-state index in [1.165, 1.54) is 43.2 Å². The zero-order valence-electron chi connectivity index (χ0n) is 23.7. The third kappa shape index (κ3) is 5.71. The molecule has 0 unspecified atom stereocenters. The van der Waals surface area contributed by atoms with Crippen molar-refractivity contribution in [1.29, 1.82) is 0 Å². The summed E-state index contributed by atoms with van der Waals surface area (Å²) in [6.45, 7) is 5.77. The number of hydrogen-bond donors (Lipinski definition) is 0. The molecule has 1 saturated heterocycles. The molecule has 7 nitrogen and oxygen atoms in total. The summed E-state index contributed by atoms with van der Waals surface area (Å²) in [6.07, 6.45) is 4.80. The van der Waals surface area contributed by atoms with Crippen molar-refractivity contribution in [3.05, 3.63) is 82.4 Å². The summed E-state index contributed by atoms with van der Waals surface area (Å²) in [5, 5.41) is 0. The van der Waals surface area contributed by atoms with Crippen LogP contribution in [0.5, 0.6) is 5.75 Å². The second-order valence-electron chi connectivity index (χ2n) is 11.2. The molecule has 1 amide bonds. The molecule has 1 aromatic heterocycles. The van der Waals surface area contributed by atoms with E-state index in [1.54, 1.807) is 12.1 Å². The van der Waals surface area contributed by atoms with Crippen molar-refractivity contribution < 1.29 is 23.5 Å². The lowest BCUT2D eigenvalue weighted by Gasteiger charge is -2.40. The van der Waals surface area contributed by atoms with Crippen LogP contribution in [-0.4, -0.2) is 66.1 Å². The van der Waals surface area contributed by atoms with Crippen molar-refractivity contribution in [2.45, 2.75) is 57.5 Å². The normalized spacial score (nSPS) is 17.8. The molecule has 3 heterocycles. The number of esters is 1. The number of methoxy groups -OCH3 is 1. The number of carbonyl (C=O) groups excluding carboxylic acids is 2. The third-order valence-electron chi connectivity index (χ3n) is 8.55. The fraction of sp³-hybridized carbons (Fsp3) is 0.424. The number of fused-ring (bicyclic) bond motifs is 1. The summed E-state index contributed by atoms with van der Waals surface area (Å²) in [7, 11) is 1.33. The molecule has 2 aliphatic heterocycles. The fourth-order valence-corrected chi connectivity index (χ4v) is 6.23. The largest absolute Gasteiger partial charge is 0.494 e. The van der Waals surface area contributed by atoms with Crippen molar-refractivity contribution in [2.24, 2.45) is 0 Å². The lowest BCUT2D eigenvalue weighted by molar-refractivity contribution is 0.0536. The summed E-state index contributed by atoms with van der Waals surface area (Å²) in [4.78, 5) is 34.0. The van der Waals surface area contributed by atoms with Crippen LogP contribution in [0.3, 0.4) is 0 Å². The molecule has 41 heavy (non-hydrogen) atoms. The Bertz CT molecular complexity index is 1450. The molecule has 0 bridgehead atoms. The Kier molecular flexibility index (Phi) is 7.75. The number of aromatic nitrogens is 1. The first kappa shape index (κ1) is 27.4. The second-order valence-corrected chi connectivity index (χ2v) is 11.2. The molecular weight excluding hydrogens is 521 g/mol. The molecule has 0 spiro atoms. The predicted octanol–water partition coefficient (Wildman–Crippen LogP) is 5.61. The van der Waals surface area contributed by atoms with Gasteiger partial charge in [0.1, 0.15) is 17.3 Å². The molecule has 0 N–H and O–H groups in total. The Balaban J connectivity index is 1.15. The third-order valence-corrected chi connectivity index (χ3v) is 8.55. The maximum atomic E-state index is 13.6. The van der Waals surface area contributed by atoms with Crippen molar-refractivity contribution >= 4 is 11.9 Å².